The molecule has 4 rings (SSSR count). The summed E-state index contributed by atoms with van der Waals surface area (Å²) in [6, 6.07) is 32.7. The number of amides is 1. The number of hydrogen-bond donors (Lipinski definition) is 1. The smallest absolute Gasteiger partial charge is 0.278 e. The predicted octanol–water partition coefficient (Wildman–Crippen LogP) is 7.57. The normalized spacial score (nSPS) is 12.2. The Morgan fingerprint density at radius 1 is 0.690 bits per heavy atom. The predicted molar refractivity (Wildman–Crippen MR) is 173 cm³/mol. The summed E-state index contributed by atoms with van der Waals surface area (Å²) in [5, 5.41) is 5.68. The molecule has 1 amide bonds. The van der Waals surface area contributed by atoms with Gasteiger partial charge in [0.05, 0.1) is 27.7 Å². The summed E-state index contributed by atoms with van der Waals surface area (Å²) in [5.41, 5.74) is 2.39. The van der Waals surface area contributed by atoms with E-state index in [1.54, 1.807) is 0 Å². The number of nitrogens with zero attached hydrogens (tertiary/aromatic N) is 1. The van der Waals surface area contributed by atoms with E-state index < -0.39 is 0 Å². The Labute approximate surface area is 252 Å². The number of nitrogens with one attached hydrogen (secondary N) is 1. The highest BCUT2D eigenvalue weighted by Crippen LogP contribution is 2.22. The topological polar surface area (TPSA) is 47.6 Å². The average molecular weight is 568 g/mol. The third kappa shape index (κ3) is 9.92. The fourth-order valence-corrected chi connectivity index (χ4v) is 5.22. The summed E-state index contributed by atoms with van der Waals surface area (Å²) in [6.07, 6.45) is 7.43. The van der Waals surface area contributed by atoms with Crippen LogP contribution in [0.4, 0.5) is 0 Å². The van der Waals surface area contributed by atoms with Crippen LogP contribution in [0.25, 0.3) is 10.8 Å². The van der Waals surface area contributed by atoms with Crippen molar-refractivity contribution >= 4 is 16.7 Å². The molecule has 0 bridgehead atoms. The van der Waals surface area contributed by atoms with Gasteiger partial charge in [0.15, 0.2) is 6.04 Å². The number of carbonyl (C=O) groups excluding carboxylic acids is 1. The van der Waals surface area contributed by atoms with Gasteiger partial charge in [0, 0.05) is 13.0 Å². The standard InChI is InChI=1S/C37H46N2O3/c1-39(2,3)36(28-32-20-15-19-31-18-11-12-21-35(31)32)37(40)38-26-13-6-4-5-7-14-27-41-33-22-24-34(25-23-33)42-29-30-16-9-8-10-17-30/h8-12,15-25,36H,4-7,13-14,26-29H2,1-3H3/p+1. The lowest BCUT2D eigenvalue weighted by atomic mass is 9.97. The third-order valence-electron chi connectivity index (χ3n) is 7.74. The van der Waals surface area contributed by atoms with Gasteiger partial charge in [-0.2, -0.15) is 0 Å². The molecule has 5 heteroatoms. The molecule has 42 heavy (non-hydrogen) atoms. The summed E-state index contributed by atoms with van der Waals surface area (Å²) in [4.78, 5) is 13.2. The van der Waals surface area contributed by atoms with Gasteiger partial charge in [-0.15, -0.1) is 0 Å². The van der Waals surface area contributed by atoms with E-state index in [9.17, 15) is 4.79 Å². The van der Waals surface area contributed by atoms with Crippen LogP contribution in [0.3, 0.4) is 0 Å². The first-order valence-electron chi connectivity index (χ1n) is 15.4. The second-order valence-electron chi connectivity index (χ2n) is 12.0. The van der Waals surface area contributed by atoms with Crippen molar-refractivity contribution in [1.29, 1.82) is 0 Å². The van der Waals surface area contributed by atoms with Crippen LogP contribution in [0.2, 0.25) is 0 Å². The van der Waals surface area contributed by atoms with Crippen LogP contribution in [0.5, 0.6) is 11.5 Å². The van der Waals surface area contributed by atoms with E-state index in [4.69, 9.17) is 9.47 Å². The molecule has 0 aliphatic heterocycles. The second kappa shape index (κ2) is 16.0. The minimum atomic E-state index is -0.131. The maximum atomic E-state index is 13.2. The molecule has 0 radical (unpaired) electrons. The number of fused-ring (bicyclic) bond motifs is 1. The molecule has 4 aromatic carbocycles. The Balaban J connectivity index is 1.06. The SMILES string of the molecule is C[N+](C)(C)C(Cc1cccc2ccccc12)C(=O)NCCCCCCCCOc1ccc(OCc2ccccc2)cc1. The lowest BCUT2D eigenvalue weighted by molar-refractivity contribution is -0.886. The summed E-state index contributed by atoms with van der Waals surface area (Å²) in [5.74, 6) is 1.87. The summed E-state index contributed by atoms with van der Waals surface area (Å²) < 4.78 is 12.4. The molecule has 1 unspecified atom stereocenters. The second-order valence-corrected chi connectivity index (χ2v) is 12.0. The van der Waals surface area contributed by atoms with Crippen molar-refractivity contribution in [2.75, 3.05) is 34.3 Å². The maximum absolute atomic E-state index is 13.2. The zero-order valence-electron chi connectivity index (χ0n) is 25.6. The van der Waals surface area contributed by atoms with Crippen molar-refractivity contribution in [2.45, 2.75) is 57.6 Å². The van der Waals surface area contributed by atoms with E-state index in [2.05, 4.69) is 81.1 Å². The highest BCUT2D eigenvalue weighted by molar-refractivity contribution is 5.87. The molecule has 1 atom stereocenters. The Kier molecular flexibility index (Phi) is 11.8. The molecule has 0 aliphatic rings. The molecule has 0 heterocycles. The van der Waals surface area contributed by atoms with Gasteiger partial charge in [-0.25, -0.2) is 0 Å². The molecule has 1 N–H and O–H groups in total. The van der Waals surface area contributed by atoms with Crippen molar-refractivity contribution in [3.8, 4) is 11.5 Å². The number of quaternary nitrogens is 1. The molecular formula is C37H47N2O3+. The molecule has 4 aromatic rings. The fraction of sp³-hybridized carbons (Fsp3) is 0.378. The van der Waals surface area contributed by atoms with Gasteiger partial charge in [-0.1, -0.05) is 98.5 Å². The van der Waals surface area contributed by atoms with Crippen molar-refractivity contribution in [1.82, 2.24) is 5.32 Å². The number of ether oxygens (including phenoxy) is 2. The van der Waals surface area contributed by atoms with E-state index in [1.165, 1.54) is 29.2 Å². The van der Waals surface area contributed by atoms with Crippen LogP contribution >= 0.6 is 0 Å². The van der Waals surface area contributed by atoms with Crippen LogP contribution in [0.1, 0.15) is 49.7 Å². The first kappa shape index (κ1) is 31.1. The van der Waals surface area contributed by atoms with Crippen molar-refractivity contribution in [3.05, 3.63) is 108 Å². The van der Waals surface area contributed by atoms with Gasteiger partial charge in [0.1, 0.15) is 18.1 Å². The summed E-state index contributed by atoms with van der Waals surface area (Å²) >= 11 is 0. The molecule has 0 fully saturated rings. The number of hydrogen-bond acceptors (Lipinski definition) is 3. The number of unbranched alkanes of at least 4 members (excludes halogenated alkanes) is 5. The van der Waals surface area contributed by atoms with Gasteiger partial charge in [-0.3, -0.25) is 4.79 Å². The minimum Gasteiger partial charge on any atom is -0.494 e. The number of likely N-dealkylation sites (N-methyl/N-ethyl adjacent to an activating group) is 1. The Bertz CT molecular complexity index is 1360. The van der Waals surface area contributed by atoms with Gasteiger partial charge < -0.3 is 19.3 Å². The van der Waals surface area contributed by atoms with Crippen LogP contribution in [-0.2, 0) is 17.8 Å². The summed E-state index contributed by atoms with van der Waals surface area (Å²) in [6.45, 7) is 2.03. The van der Waals surface area contributed by atoms with E-state index in [-0.39, 0.29) is 11.9 Å². The van der Waals surface area contributed by atoms with Gasteiger partial charge in [0.2, 0.25) is 0 Å². The molecule has 0 saturated carbocycles. The van der Waals surface area contributed by atoms with Crippen molar-refractivity contribution in [2.24, 2.45) is 0 Å². The first-order chi connectivity index (χ1) is 20.4. The number of rotatable bonds is 17. The zero-order valence-corrected chi connectivity index (χ0v) is 25.6. The highest BCUT2D eigenvalue weighted by atomic mass is 16.5. The molecule has 0 saturated heterocycles. The molecule has 0 aliphatic carbocycles. The van der Waals surface area contributed by atoms with E-state index in [0.29, 0.717) is 11.1 Å². The van der Waals surface area contributed by atoms with Crippen LogP contribution in [0.15, 0.2) is 97.1 Å². The van der Waals surface area contributed by atoms with Crippen LogP contribution in [-0.4, -0.2) is 50.7 Å². The fourth-order valence-electron chi connectivity index (χ4n) is 5.22. The van der Waals surface area contributed by atoms with Crippen LogP contribution < -0.4 is 14.8 Å². The minimum absolute atomic E-state index is 0.131. The Morgan fingerprint density at radius 3 is 2.05 bits per heavy atom. The first-order valence-corrected chi connectivity index (χ1v) is 15.4. The number of carbonyl (C=O) groups is 1. The van der Waals surface area contributed by atoms with E-state index >= 15 is 0 Å². The average Bonchev–Trinajstić information content (AvgIpc) is 3.00. The van der Waals surface area contributed by atoms with Gasteiger partial charge in [-0.05, 0) is 59.0 Å². The van der Waals surface area contributed by atoms with Gasteiger partial charge >= 0.3 is 0 Å². The lowest BCUT2D eigenvalue weighted by Gasteiger charge is -2.33. The number of benzene rings is 4. The monoisotopic (exact) mass is 567 g/mol. The van der Waals surface area contributed by atoms with Crippen LogP contribution in [0, 0.1) is 0 Å². The Morgan fingerprint density at radius 2 is 1.31 bits per heavy atom. The quantitative estimate of drug-likeness (QED) is 0.106. The highest BCUT2D eigenvalue weighted by Gasteiger charge is 2.31. The maximum Gasteiger partial charge on any atom is 0.278 e. The molecule has 5 nitrogen and oxygen atoms in total. The third-order valence-corrected chi connectivity index (χ3v) is 7.74. The Hall–Kier alpha value is -3.83. The summed E-state index contributed by atoms with van der Waals surface area (Å²) in [7, 11) is 6.32. The largest absolute Gasteiger partial charge is 0.494 e. The molecular weight excluding hydrogens is 520 g/mol. The zero-order chi connectivity index (χ0) is 29.6. The van der Waals surface area contributed by atoms with Crippen molar-refractivity contribution in [3.63, 3.8) is 0 Å². The molecule has 222 valence electrons. The molecule has 0 spiro atoms. The van der Waals surface area contributed by atoms with Gasteiger partial charge in [0.25, 0.3) is 5.91 Å². The van der Waals surface area contributed by atoms with Crippen molar-refractivity contribution < 1.29 is 18.8 Å². The van der Waals surface area contributed by atoms with E-state index in [1.807, 2.05) is 42.5 Å². The lowest BCUT2D eigenvalue weighted by Crippen LogP contribution is -2.55. The van der Waals surface area contributed by atoms with E-state index in [0.717, 1.165) is 62.3 Å². The molecule has 0 aromatic heterocycles.